The normalized spacial score (nSPS) is 22.2. The topological polar surface area (TPSA) is 138 Å². The third kappa shape index (κ3) is 8.93. The van der Waals surface area contributed by atoms with E-state index in [4.69, 9.17) is 28.4 Å². The third-order valence-electron chi connectivity index (χ3n) is 5.64. The molecule has 0 amide bonds. The van der Waals surface area contributed by atoms with Gasteiger partial charge < -0.3 is 28.4 Å². The Hall–Kier alpha value is -3.70. The van der Waals surface area contributed by atoms with Crippen LogP contribution in [-0.2, 0) is 35.1 Å². The van der Waals surface area contributed by atoms with Crippen LogP contribution in [0.5, 0.6) is 5.75 Å². The second-order valence-electron chi connectivity index (χ2n) is 8.54. The quantitative estimate of drug-likeness (QED) is 0.111. The monoisotopic (exact) mass is 557 g/mol. The fourth-order valence-electron chi connectivity index (χ4n) is 3.81. The molecule has 0 radical (unpaired) electrons. The fourth-order valence-corrected chi connectivity index (χ4v) is 4.92. The van der Waals surface area contributed by atoms with Crippen molar-refractivity contribution in [1.82, 2.24) is 0 Å². The molecule has 2 aromatic rings. The molecule has 3 rings (SSSR count). The molecule has 2 aromatic carbocycles. The molecule has 1 aliphatic heterocycles. The van der Waals surface area contributed by atoms with Gasteiger partial charge in [0.15, 0.2) is 12.2 Å². The van der Waals surface area contributed by atoms with E-state index in [2.05, 4.69) is 16.6 Å². The van der Waals surface area contributed by atoms with E-state index in [9.17, 15) is 15.1 Å². The SMILES string of the molecule is C=CCOC(=O)O[C@@H]1[C@@H](N=[N+]=[N-])[C@H](Sc2ccc(C)cc2)O[C@H](COCc2ccc(OC)cc2)[C@H]1OC(C)=O. The van der Waals surface area contributed by atoms with Crippen LogP contribution in [0.15, 0.2) is 71.2 Å². The van der Waals surface area contributed by atoms with Gasteiger partial charge in [-0.2, -0.15) is 0 Å². The molecule has 208 valence electrons. The molecular weight excluding hydrogens is 526 g/mol. The smallest absolute Gasteiger partial charge is 0.497 e. The van der Waals surface area contributed by atoms with Crippen LogP contribution in [0.3, 0.4) is 0 Å². The van der Waals surface area contributed by atoms with Gasteiger partial charge in [0.2, 0.25) is 0 Å². The van der Waals surface area contributed by atoms with Crippen LogP contribution in [0.25, 0.3) is 10.4 Å². The number of hydrogen-bond acceptors (Lipinski definition) is 10. The zero-order valence-electron chi connectivity index (χ0n) is 21.9. The van der Waals surface area contributed by atoms with E-state index in [1.165, 1.54) is 24.8 Å². The van der Waals surface area contributed by atoms with Crippen LogP contribution in [0.1, 0.15) is 18.1 Å². The number of benzene rings is 2. The molecule has 1 aliphatic rings. The number of rotatable bonds is 12. The van der Waals surface area contributed by atoms with E-state index >= 15 is 0 Å². The second-order valence-corrected chi connectivity index (χ2v) is 9.71. The first-order valence-electron chi connectivity index (χ1n) is 12.1. The van der Waals surface area contributed by atoms with Gasteiger partial charge in [-0.05, 0) is 42.3 Å². The van der Waals surface area contributed by atoms with Crippen LogP contribution in [-0.4, -0.2) is 62.2 Å². The average Bonchev–Trinajstić information content (AvgIpc) is 2.92. The number of carbonyl (C=O) groups is 2. The van der Waals surface area contributed by atoms with E-state index in [1.54, 1.807) is 7.11 Å². The van der Waals surface area contributed by atoms with Gasteiger partial charge in [0.05, 0.1) is 20.3 Å². The van der Waals surface area contributed by atoms with Gasteiger partial charge in [0.1, 0.15) is 29.9 Å². The van der Waals surface area contributed by atoms with Crippen LogP contribution in [0, 0.1) is 6.92 Å². The number of methoxy groups -OCH3 is 1. The number of thioether (sulfide) groups is 1. The minimum atomic E-state index is -1.21. The zero-order valence-corrected chi connectivity index (χ0v) is 22.7. The molecule has 39 heavy (non-hydrogen) atoms. The lowest BCUT2D eigenvalue weighted by Gasteiger charge is -2.43. The number of azide groups is 1. The Morgan fingerprint density at radius 2 is 1.85 bits per heavy atom. The lowest BCUT2D eigenvalue weighted by Crippen LogP contribution is -2.59. The molecule has 0 N–H and O–H groups in total. The summed E-state index contributed by atoms with van der Waals surface area (Å²) in [7, 11) is 1.58. The third-order valence-corrected chi connectivity index (χ3v) is 6.80. The summed E-state index contributed by atoms with van der Waals surface area (Å²) in [5.41, 5.74) is 10.5. The summed E-state index contributed by atoms with van der Waals surface area (Å²) in [5.74, 6) is 0.0776. The molecular formula is C27H31N3O8S. The maximum Gasteiger partial charge on any atom is 0.509 e. The second kappa shape index (κ2) is 15.0. The van der Waals surface area contributed by atoms with E-state index in [-0.39, 0.29) is 19.8 Å². The predicted molar refractivity (Wildman–Crippen MR) is 143 cm³/mol. The Kier molecular flexibility index (Phi) is 11.5. The lowest BCUT2D eigenvalue weighted by molar-refractivity contribution is -0.201. The molecule has 0 unspecified atom stereocenters. The Bertz CT molecular complexity index is 1150. The first-order valence-corrected chi connectivity index (χ1v) is 13.0. The Balaban J connectivity index is 1.88. The van der Waals surface area contributed by atoms with Crippen molar-refractivity contribution in [3.05, 3.63) is 82.8 Å². The summed E-state index contributed by atoms with van der Waals surface area (Å²) in [6.45, 7) is 6.82. The van der Waals surface area contributed by atoms with E-state index in [0.717, 1.165) is 16.0 Å². The minimum Gasteiger partial charge on any atom is -0.497 e. The molecule has 0 aromatic heterocycles. The number of nitrogens with zero attached hydrogens (tertiary/aromatic N) is 3. The van der Waals surface area contributed by atoms with Crippen LogP contribution < -0.4 is 4.74 Å². The summed E-state index contributed by atoms with van der Waals surface area (Å²) >= 11 is 1.28. The van der Waals surface area contributed by atoms with E-state index < -0.39 is 41.9 Å². The molecule has 1 fully saturated rings. The van der Waals surface area contributed by atoms with Gasteiger partial charge in [-0.1, -0.05) is 59.4 Å². The van der Waals surface area contributed by atoms with E-state index in [1.807, 2.05) is 55.5 Å². The molecule has 0 saturated carbocycles. The van der Waals surface area contributed by atoms with Crippen LogP contribution in [0.4, 0.5) is 4.79 Å². The van der Waals surface area contributed by atoms with Crippen molar-refractivity contribution in [1.29, 1.82) is 0 Å². The number of hydrogen-bond donors (Lipinski definition) is 0. The van der Waals surface area contributed by atoms with Crippen molar-refractivity contribution >= 4 is 23.9 Å². The number of ether oxygens (including phenoxy) is 6. The van der Waals surface area contributed by atoms with Gasteiger partial charge in [0, 0.05) is 16.7 Å². The lowest BCUT2D eigenvalue weighted by atomic mass is 9.98. The molecule has 11 nitrogen and oxygen atoms in total. The molecule has 1 saturated heterocycles. The fraction of sp³-hybridized carbons (Fsp3) is 0.407. The van der Waals surface area contributed by atoms with Crippen molar-refractivity contribution in [2.24, 2.45) is 5.11 Å². The Morgan fingerprint density at radius 1 is 1.13 bits per heavy atom. The number of aryl methyl sites for hydroxylation is 1. The average molecular weight is 558 g/mol. The molecule has 0 spiro atoms. The molecule has 1 heterocycles. The van der Waals surface area contributed by atoms with Crippen molar-refractivity contribution in [2.45, 2.75) is 55.1 Å². The van der Waals surface area contributed by atoms with Crippen molar-refractivity contribution in [3.8, 4) is 5.75 Å². The number of carbonyl (C=O) groups excluding carboxylic acids is 2. The first-order chi connectivity index (χ1) is 18.8. The summed E-state index contributed by atoms with van der Waals surface area (Å²) < 4.78 is 33.5. The summed E-state index contributed by atoms with van der Waals surface area (Å²) in [6.07, 6.45) is -2.87. The maximum atomic E-state index is 12.5. The molecule has 5 atom stereocenters. The molecule has 0 bridgehead atoms. The highest BCUT2D eigenvalue weighted by atomic mass is 32.2. The summed E-state index contributed by atoms with van der Waals surface area (Å²) in [5, 5.41) is 3.87. The summed E-state index contributed by atoms with van der Waals surface area (Å²) in [4.78, 5) is 28.3. The van der Waals surface area contributed by atoms with Crippen molar-refractivity contribution < 1.29 is 38.0 Å². The highest BCUT2D eigenvalue weighted by Gasteiger charge is 2.50. The van der Waals surface area contributed by atoms with Gasteiger partial charge in [0.25, 0.3) is 0 Å². The number of esters is 1. The minimum absolute atomic E-state index is 0.0144. The molecule has 12 heteroatoms. The van der Waals surface area contributed by atoms with Gasteiger partial charge in [-0.3, -0.25) is 4.79 Å². The van der Waals surface area contributed by atoms with Gasteiger partial charge in [-0.15, -0.1) is 0 Å². The first kappa shape index (κ1) is 29.9. The molecule has 0 aliphatic carbocycles. The standard InChI is InChI=1S/C27H31N3O8S/c1-5-14-35-27(32)38-25-23(29-30-28)26(39-21-12-6-17(2)7-13-21)37-22(24(25)36-18(3)31)16-34-15-19-8-10-20(33-4)11-9-19/h5-13,22-26H,1,14-16H2,2-4H3/t22-,23-,24-,25-,26+/m1/s1. The van der Waals surface area contributed by atoms with Crippen molar-refractivity contribution in [2.75, 3.05) is 20.3 Å². The summed E-state index contributed by atoms with van der Waals surface area (Å²) in [6, 6.07) is 14.0. The van der Waals surface area contributed by atoms with Crippen molar-refractivity contribution in [3.63, 3.8) is 0 Å². The Labute approximate surface area is 231 Å². The zero-order chi connectivity index (χ0) is 28.2. The highest BCUT2D eigenvalue weighted by Crippen LogP contribution is 2.38. The largest absolute Gasteiger partial charge is 0.509 e. The Morgan fingerprint density at radius 3 is 2.46 bits per heavy atom. The highest BCUT2D eigenvalue weighted by molar-refractivity contribution is 7.99. The predicted octanol–water partition coefficient (Wildman–Crippen LogP) is 5.36. The van der Waals surface area contributed by atoms with Crippen LogP contribution >= 0.6 is 11.8 Å². The van der Waals surface area contributed by atoms with Crippen LogP contribution in [0.2, 0.25) is 0 Å². The van der Waals surface area contributed by atoms with Gasteiger partial charge in [-0.25, -0.2) is 4.79 Å². The maximum absolute atomic E-state index is 12.5. The van der Waals surface area contributed by atoms with E-state index in [0.29, 0.717) is 5.75 Å². The van der Waals surface area contributed by atoms with Gasteiger partial charge >= 0.3 is 12.1 Å².